The molecule has 0 radical (unpaired) electrons. The summed E-state index contributed by atoms with van der Waals surface area (Å²) in [5.74, 6) is -1.39. The predicted molar refractivity (Wildman–Crippen MR) is 98.3 cm³/mol. The van der Waals surface area contributed by atoms with Crippen molar-refractivity contribution in [2.24, 2.45) is 5.10 Å². The lowest BCUT2D eigenvalue weighted by atomic mass is 10.2. The normalized spacial score (nSPS) is 10.5. The summed E-state index contributed by atoms with van der Waals surface area (Å²) in [4.78, 5) is 33.3. The third kappa shape index (κ3) is 4.86. The lowest BCUT2D eigenvalue weighted by molar-refractivity contribution is -0.385. The molecule has 0 unspecified atom stereocenters. The van der Waals surface area contributed by atoms with E-state index in [4.69, 9.17) is 0 Å². The maximum absolute atomic E-state index is 12.1. The number of hydrogen-bond acceptors (Lipinski definition) is 6. The van der Waals surface area contributed by atoms with E-state index in [-0.39, 0.29) is 17.0 Å². The van der Waals surface area contributed by atoms with E-state index >= 15 is 0 Å². The number of hydrogen-bond donors (Lipinski definition) is 3. The average Bonchev–Trinajstić information content (AvgIpc) is 2.56. The number of benzene rings is 2. The van der Waals surface area contributed by atoms with Crippen LogP contribution in [0.25, 0.3) is 0 Å². The number of nitro benzene ring substituents is 1. The highest BCUT2D eigenvalue weighted by Crippen LogP contribution is 2.32. The largest absolute Gasteiger partial charge is 0.502 e. The van der Waals surface area contributed by atoms with Crippen molar-refractivity contribution in [2.45, 2.75) is 6.92 Å². The van der Waals surface area contributed by atoms with Crippen LogP contribution in [0.3, 0.4) is 0 Å². The topological polar surface area (TPSA) is 134 Å². The van der Waals surface area contributed by atoms with Crippen LogP contribution in [0.15, 0.2) is 46.0 Å². The van der Waals surface area contributed by atoms with Gasteiger partial charge in [0.2, 0.25) is 11.7 Å². The molecule has 0 heterocycles. The first-order valence-electron chi connectivity index (χ1n) is 7.16. The number of phenols is 1. The molecule has 0 atom stereocenters. The standard InChI is InChI=1S/C16H13BrN4O5/c1-9(22)19-13-4-2-3-10(6-13)16(24)20-18-8-11-5-12(17)7-14(15(11)23)21(25)26/h2-8,23H,1H3,(H,19,22)(H,20,24)/b18-8+. The Morgan fingerprint density at radius 2 is 2.04 bits per heavy atom. The number of carbonyl (C=O) groups excluding carboxylic acids is 2. The molecular weight excluding hydrogens is 408 g/mol. The first-order valence-corrected chi connectivity index (χ1v) is 7.95. The zero-order valence-electron chi connectivity index (χ0n) is 13.4. The number of nitrogens with one attached hydrogen (secondary N) is 2. The van der Waals surface area contributed by atoms with Crippen LogP contribution in [0.5, 0.6) is 5.75 Å². The molecule has 0 bridgehead atoms. The zero-order chi connectivity index (χ0) is 19.3. The molecule has 2 amide bonds. The van der Waals surface area contributed by atoms with Crippen LogP contribution in [0, 0.1) is 10.1 Å². The van der Waals surface area contributed by atoms with E-state index in [1.54, 1.807) is 12.1 Å². The van der Waals surface area contributed by atoms with Gasteiger partial charge >= 0.3 is 5.69 Å². The number of phenolic OH excluding ortho intramolecular Hbond substituents is 1. The van der Waals surface area contributed by atoms with Crippen molar-refractivity contribution in [1.29, 1.82) is 0 Å². The lowest BCUT2D eigenvalue weighted by Gasteiger charge is -2.05. The summed E-state index contributed by atoms with van der Waals surface area (Å²) in [7, 11) is 0. The van der Waals surface area contributed by atoms with Crippen molar-refractivity contribution < 1.29 is 19.6 Å². The van der Waals surface area contributed by atoms with E-state index in [0.29, 0.717) is 10.2 Å². The number of anilines is 1. The number of aromatic hydroxyl groups is 1. The summed E-state index contributed by atoms with van der Waals surface area (Å²) in [5, 5.41) is 27.0. The monoisotopic (exact) mass is 420 g/mol. The average molecular weight is 421 g/mol. The fourth-order valence-electron chi connectivity index (χ4n) is 2.01. The summed E-state index contributed by atoms with van der Waals surface area (Å²) < 4.78 is 0.373. The molecule has 2 rings (SSSR count). The van der Waals surface area contributed by atoms with Gasteiger partial charge in [-0.05, 0) is 24.3 Å². The van der Waals surface area contributed by atoms with Crippen LogP contribution in [-0.2, 0) is 4.79 Å². The number of nitro groups is 1. The zero-order valence-corrected chi connectivity index (χ0v) is 15.0. The van der Waals surface area contributed by atoms with Gasteiger partial charge in [-0.25, -0.2) is 5.43 Å². The van der Waals surface area contributed by atoms with E-state index in [2.05, 4.69) is 31.8 Å². The van der Waals surface area contributed by atoms with Crippen LogP contribution >= 0.6 is 15.9 Å². The molecule has 134 valence electrons. The molecule has 3 N–H and O–H groups in total. The highest BCUT2D eigenvalue weighted by Gasteiger charge is 2.17. The van der Waals surface area contributed by atoms with Crippen LogP contribution in [0.1, 0.15) is 22.8 Å². The van der Waals surface area contributed by atoms with E-state index in [1.165, 1.54) is 25.1 Å². The Morgan fingerprint density at radius 3 is 2.69 bits per heavy atom. The number of amides is 2. The Labute approximate surface area is 156 Å². The van der Waals surface area contributed by atoms with Crippen LogP contribution in [0.2, 0.25) is 0 Å². The molecule has 26 heavy (non-hydrogen) atoms. The van der Waals surface area contributed by atoms with Gasteiger partial charge in [-0.15, -0.1) is 0 Å². The van der Waals surface area contributed by atoms with E-state index in [1.807, 2.05) is 0 Å². The number of hydrazone groups is 1. The van der Waals surface area contributed by atoms with Crippen molar-refractivity contribution in [1.82, 2.24) is 5.43 Å². The smallest absolute Gasteiger partial charge is 0.312 e. The Kier molecular flexibility index (Phi) is 6.02. The molecule has 9 nitrogen and oxygen atoms in total. The summed E-state index contributed by atoms with van der Waals surface area (Å²) in [5.41, 5.74) is 2.51. The molecule has 10 heteroatoms. The van der Waals surface area contributed by atoms with Crippen molar-refractivity contribution in [3.8, 4) is 5.75 Å². The van der Waals surface area contributed by atoms with Crippen LogP contribution in [0.4, 0.5) is 11.4 Å². The molecular formula is C16H13BrN4O5. The second-order valence-corrected chi connectivity index (χ2v) is 6.00. The van der Waals surface area contributed by atoms with Gasteiger partial charge in [-0.2, -0.15) is 5.10 Å². The van der Waals surface area contributed by atoms with Gasteiger partial charge < -0.3 is 10.4 Å². The first kappa shape index (κ1) is 19.1. The molecule has 0 saturated carbocycles. The third-order valence-electron chi connectivity index (χ3n) is 3.10. The number of halogens is 1. The molecule has 0 aliphatic heterocycles. The molecule has 0 aliphatic rings. The quantitative estimate of drug-likeness (QED) is 0.388. The minimum Gasteiger partial charge on any atom is -0.502 e. The minimum atomic E-state index is -0.733. The van der Waals surface area contributed by atoms with Crippen molar-refractivity contribution in [2.75, 3.05) is 5.32 Å². The van der Waals surface area contributed by atoms with Crippen LogP contribution in [-0.4, -0.2) is 28.1 Å². The highest BCUT2D eigenvalue weighted by atomic mass is 79.9. The van der Waals surface area contributed by atoms with Gasteiger partial charge in [0, 0.05) is 34.3 Å². The fourth-order valence-corrected chi connectivity index (χ4v) is 2.47. The lowest BCUT2D eigenvalue weighted by Crippen LogP contribution is -2.18. The number of carbonyl (C=O) groups is 2. The Bertz CT molecular complexity index is 914. The molecule has 2 aromatic carbocycles. The van der Waals surface area contributed by atoms with Gasteiger partial charge in [0.05, 0.1) is 11.1 Å². The summed E-state index contributed by atoms with van der Waals surface area (Å²) in [6.45, 7) is 1.35. The second-order valence-electron chi connectivity index (χ2n) is 5.08. The minimum absolute atomic E-state index is 0.0540. The molecule has 0 fully saturated rings. The van der Waals surface area contributed by atoms with Gasteiger partial charge in [0.15, 0.2) is 0 Å². The highest BCUT2D eigenvalue weighted by molar-refractivity contribution is 9.10. The van der Waals surface area contributed by atoms with Crippen LogP contribution < -0.4 is 10.7 Å². The molecule has 0 spiro atoms. The summed E-state index contributed by atoms with van der Waals surface area (Å²) >= 11 is 3.10. The number of rotatable bonds is 5. The predicted octanol–water partition coefficient (Wildman–Crippen LogP) is 2.79. The van der Waals surface area contributed by atoms with E-state index in [0.717, 1.165) is 12.3 Å². The van der Waals surface area contributed by atoms with Crippen molar-refractivity contribution >= 4 is 45.3 Å². The maximum atomic E-state index is 12.1. The third-order valence-corrected chi connectivity index (χ3v) is 3.55. The second kappa shape index (κ2) is 8.21. The van der Waals surface area contributed by atoms with Crippen molar-refractivity contribution in [3.05, 3.63) is 62.1 Å². The number of nitrogens with zero attached hydrogens (tertiary/aromatic N) is 2. The Morgan fingerprint density at radius 1 is 1.31 bits per heavy atom. The maximum Gasteiger partial charge on any atom is 0.312 e. The molecule has 2 aromatic rings. The Hall–Kier alpha value is -3.27. The summed E-state index contributed by atoms with van der Waals surface area (Å²) in [6, 6.07) is 8.77. The Balaban J connectivity index is 2.15. The summed E-state index contributed by atoms with van der Waals surface area (Å²) in [6.07, 6.45) is 1.09. The van der Waals surface area contributed by atoms with Gasteiger partial charge in [-0.3, -0.25) is 19.7 Å². The molecule has 0 aliphatic carbocycles. The SMILES string of the molecule is CC(=O)Nc1cccc(C(=O)N/N=C/c2cc(Br)cc([N+](=O)[O-])c2O)c1. The first-order chi connectivity index (χ1) is 12.3. The van der Waals surface area contributed by atoms with E-state index in [9.17, 15) is 24.8 Å². The van der Waals surface area contributed by atoms with Gasteiger partial charge in [0.25, 0.3) is 5.91 Å². The molecule has 0 aromatic heterocycles. The van der Waals surface area contributed by atoms with E-state index < -0.39 is 22.3 Å². The molecule has 0 saturated heterocycles. The van der Waals surface area contributed by atoms with Gasteiger partial charge in [0.1, 0.15) is 0 Å². The van der Waals surface area contributed by atoms with Gasteiger partial charge in [-0.1, -0.05) is 22.0 Å². The van der Waals surface area contributed by atoms with Crippen molar-refractivity contribution in [3.63, 3.8) is 0 Å². The fraction of sp³-hybridized carbons (Fsp3) is 0.0625.